The van der Waals surface area contributed by atoms with E-state index in [2.05, 4.69) is 5.32 Å². The van der Waals surface area contributed by atoms with Crippen molar-refractivity contribution in [2.75, 3.05) is 6.54 Å². The van der Waals surface area contributed by atoms with Crippen LogP contribution in [-0.2, 0) is 12.7 Å². The van der Waals surface area contributed by atoms with Gasteiger partial charge in [0.1, 0.15) is 0 Å². The molecule has 1 atom stereocenters. The summed E-state index contributed by atoms with van der Waals surface area (Å²) in [5.74, 6) is 0. The van der Waals surface area contributed by atoms with Gasteiger partial charge in [-0.3, -0.25) is 0 Å². The van der Waals surface area contributed by atoms with Crippen molar-refractivity contribution in [2.24, 2.45) is 0 Å². The van der Waals surface area contributed by atoms with E-state index < -0.39 is 11.7 Å². The lowest BCUT2D eigenvalue weighted by Crippen LogP contribution is -2.22. The molecule has 0 aliphatic carbocycles. The fraction of sp³-hybridized carbons (Fsp3) is 0.500. The molecule has 96 valence electrons. The Labute approximate surface area is 104 Å². The SMILES string of the molecule is CCC(Cl)CNCc1cccc(C(F)(F)F)c1. The molecule has 1 rings (SSSR count). The van der Waals surface area contributed by atoms with Gasteiger partial charge in [0.2, 0.25) is 0 Å². The second-order valence-corrected chi connectivity index (χ2v) is 4.45. The molecule has 1 N–H and O–H groups in total. The van der Waals surface area contributed by atoms with Gasteiger partial charge in [-0.05, 0) is 18.1 Å². The van der Waals surface area contributed by atoms with Gasteiger partial charge in [-0.15, -0.1) is 11.6 Å². The fourth-order valence-electron chi connectivity index (χ4n) is 1.38. The second kappa shape index (κ2) is 6.26. The topological polar surface area (TPSA) is 12.0 Å². The number of alkyl halides is 4. The third-order valence-electron chi connectivity index (χ3n) is 2.39. The third-order valence-corrected chi connectivity index (χ3v) is 2.86. The molecule has 0 heterocycles. The fourth-order valence-corrected chi connectivity index (χ4v) is 1.48. The Morgan fingerprint density at radius 3 is 2.65 bits per heavy atom. The van der Waals surface area contributed by atoms with Crippen LogP contribution in [0.4, 0.5) is 13.2 Å². The molecule has 0 spiro atoms. The monoisotopic (exact) mass is 265 g/mol. The first-order valence-electron chi connectivity index (χ1n) is 5.44. The number of rotatable bonds is 5. The van der Waals surface area contributed by atoms with Gasteiger partial charge >= 0.3 is 6.18 Å². The number of nitrogens with one attached hydrogen (secondary N) is 1. The van der Waals surface area contributed by atoms with E-state index in [0.29, 0.717) is 18.7 Å². The first kappa shape index (κ1) is 14.3. The lowest BCUT2D eigenvalue weighted by atomic mass is 10.1. The Hall–Kier alpha value is -0.740. The van der Waals surface area contributed by atoms with Crippen molar-refractivity contribution in [1.29, 1.82) is 0 Å². The van der Waals surface area contributed by atoms with Crippen molar-refractivity contribution < 1.29 is 13.2 Å². The largest absolute Gasteiger partial charge is 0.416 e. The Balaban J connectivity index is 2.55. The Bertz CT molecular complexity index is 352. The second-order valence-electron chi connectivity index (χ2n) is 3.83. The smallest absolute Gasteiger partial charge is 0.311 e. The van der Waals surface area contributed by atoms with Gasteiger partial charge in [0.25, 0.3) is 0 Å². The summed E-state index contributed by atoms with van der Waals surface area (Å²) in [4.78, 5) is 0. The summed E-state index contributed by atoms with van der Waals surface area (Å²) >= 11 is 5.89. The molecule has 0 bridgehead atoms. The molecule has 17 heavy (non-hydrogen) atoms. The molecular formula is C12H15ClF3N. The number of hydrogen-bond donors (Lipinski definition) is 1. The summed E-state index contributed by atoms with van der Waals surface area (Å²) in [6.07, 6.45) is -3.45. The normalized spacial score (nSPS) is 13.7. The number of benzene rings is 1. The molecule has 1 unspecified atom stereocenters. The predicted octanol–water partition coefficient (Wildman–Crippen LogP) is 3.81. The van der Waals surface area contributed by atoms with Crippen LogP contribution in [0.3, 0.4) is 0 Å². The van der Waals surface area contributed by atoms with E-state index in [1.54, 1.807) is 6.07 Å². The van der Waals surface area contributed by atoms with Crippen LogP contribution in [0.5, 0.6) is 0 Å². The quantitative estimate of drug-likeness (QED) is 0.799. The van der Waals surface area contributed by atoms with Crippen molar-refractivity contribution in [3.63, 3.8) is 0 Å². The minimum absolute atomic E-state index is 0.0146. The van der Waals surface area contributed by atoms with E-state index in [0.717, 1.165) is 18.6 Å². The molecule has 0 aliphatic heterocycles. The van der Waals surface area contributed by atoms with Gasteiger partial charge < -0.3 is 5.32 Å². The van der Waals surface area contributed by atoms with E-state index in [1.807, 2.05) is 6.92 Å². The Morgan fingerprint density at radius 1 is 1.35 bits per heavy atom. The highest BCUT2D eigenvalue weighted by atomic mass is 35.5. The number of hydrogen-bond acceptors (Lipinski definition) is 1. The molecule has 0 saturated heterocycles. The van der Waals surface area contributed by atoms with Crippen LogP contribution < -0.4 is 5.32 Å². The van der Waals surface area contributed by atoms with Gasteiger partial charge in [0.05, 0.1) is 5.56 Å². The molecule has 0 fully saturated rings. The molecule has 1 nitrogen and oxygen atoms in total. The van der Waals surface area contributed by atoms with Gasteiger partial charge in [0.15, 0.2) is 0 Å². The lowest BCUT2D eigenvalue weighted by molar-refractivity contribution is -0.137. The zero-order valence-electron chi connectivity index (χ0n) is 9.52. The van der Waals surface area contributed by atoms with Crippen molar-refractivity contribution in [2.45, 2.75) is 31.4 Å². The minimum Gasteiger partial charge on any atom is -0.311 e. The number of halogens is 4. The van der Waals surface area contributed by atoms with Gasteiger partial charge in [-0.2, -0.15) is 13.2 Å². The van der Waals surface area contributed by atoms with E-state index in [4.69, 9.17) is 11.6 Å². The van der Waals surface area contributed by atoms with Crippen LogP contribution in [0.1, 0.15) is 24.5 Å². The summed E-state index contributed by atoms with van der Waals surface area (Å²) in [5, 5.41) is 3.05. The van der Waals surface area contributed by atoms with Crippen molar-refractivity contribution in [3.05, 3.63) is 35.4 Å². The van der Waals surface area contributed by atoms with Gasteiger partial charge in [-0.1, -0.05) is 25.1 Å². The maximum absolute atomic E-state index is 12.4. The molecular weight excluding hydrogens is 251 g/mol. The molecule has 0 aromatic heterocycles. The van der Waals surface area contributed by atoms with Crippen molar-refractivity contribution >= 4 is 11.6 Å². The van der Waals surface area contributed by atoms with E-state index in [-0.39, 0.29) is 5.38 Å². The zero-order chi connectivity index (χ0) is 12.9. The van der Waals surface area contributed by atoms with Crippen LogP contribution >= 0.6 is 11.6 Å². The first-order valence-corrected chi connectivity index (χ1v) is 5.88. The zero-order valence-corrected chi connectivity index (χ0v) is 10.3. The van der Waals surface area contributed by atoms with E-state index >= 15 is 0 Å². The average Bonchev–Trinajstić information content (AvgIpc) is 2.28. The predicted molar refractivity (Wildman–Crippen MR) is 63.1 cm³/mol. The highest BCUT2D eigenvalue weighted by molar-refractivity contribution is 6.20. The molecule has 1 aromatic carbocycles. The third kappa shape index (κ3) is 4.96. The highest BCUT2D eigenvalue weighted by Gasteiger charge is 2.30. The van der Waals surface area contributed by atoms with E-state index in [9.17, 15) is 13.2 Å². The maximum Gasteiger partial charge on any atom is 0.416 e. The van der Waals surface area contributed by atoms with Crippen LogP contribution in [0.2, 0.25) is 0 Å². The van der Waals surface area contributed by atoms with Crippen LogP contribution in [0.15, 0.2) is 24.3 Å². The lowest BCUT2D eigenvalue weighted by Gasteiger charge is -2.11. The van der Waals surface area contributed by atoms with Crippen molar-refractivity contribution in [1.82, 2.24) is 5.32 Å². The molecule has 0 amide bonds. The van der Waals surface area contributed by atoms with Gasteiger partial charge in [-0.25, -0.2) is 0 Å². The van der Waals surface area contributed by atoms with E-state index in [1.165, 1.54) is 6.07 Å². The molecule has 0 radical (unpaired) electrons. The van der Waals surface area contributed by atoms with Crippen LogP contribution in [-0.4, -0.2) is 11.9 Å². The summed E-state index contributed by atoms with van der Waals surface area (Å²) in [5.41, 5.74) is -0.00508. The standard InChI is InChI=1S/C12H15ClF3N/c1-2-11(13)8-17-7-9-4-3-5-10(6-9)12(14,15)16/h3-6,11,17H,2,7-8H2,1H3. The van der Waals surface area contributed by atoms with Crippen LogP contribution in [0.25, 0.3) is 0 Å². The molecule has 5 heteroatoms. The first-order chi connectivity index (χ1) is 7.93. The molecule has 1 aromatic rings. The summed E-state index contributed by atoms with van der Waals surface area (Å²) in [6, 6.07) is 5.30. The van der Waals surface area contributed by atoms with Crippen LogP contribution in [0, 0.1) is 0 Å². The average molecular weight is 266 g/mol. The Kier molecular flexibility index (Phi) is 5.28. The Morgan fingerprint density at radius 2 is 2.06 bits per heavy atom. The molecule has 0 aliphatic rings. The highest BCUT2D eigenvalue weighted by Crippen LogP contribution is 2.29. The molecule has 0 saturated carbocycles. The maximum atomic E-state index is 12.4. The summed E-state index contributed by atoms with van der Waals surface area (Å²) < 4.78 is 37.3. The van der Waals surface area contributed by atoms with Gasteiger partial charge in [0, 0.05) is 18.5 Å². The minimum atomic E-state index is -4.28. The van der Waals surface area contributed by atoms with Crippen molar-refractivity contribution in [3.8, 4) is 0 Å². The summed E-state index contributed by atoms with van der Waals surface area (Å²) in [7, 11) is 0. The summed E-state index contributed by atoms with van der Waals surface area (Å²) in [6.45, 7) is 2.95.